The van der Waals surface area contributed by atoms with Crippen molar-refractivity contribution in [3.8, 4) is 5.69 Å². The maximum atomic E-state index is 12.8. The molecule has 7 heteroatoms. The summed E-state index contributed by atoms with van der Waals surface area (Å²) < 4.78 is 41.9. The van der Waals surface area contributed by atoms with Gasteiger partial charge in [0, 0.05) is 18.6 Å². The van der Waals surface area contributed by atoms with Crippen molar-refractivity contribution < 1.29 is 18.3 Å². The van der Waals surface area contributed by atoms with E-state index in [1.165, 1.54) is 23.7 Å². The molecule has 0 amide bonds. The highest BCUT2D eigenvalue weighted by atomic mass is 19.4. The van der Waals surface area contributed by atoms with Crippen molar-refractivity contribution >= 4 is 0 Å². The van der Waals surface area contributed by atoms with Gasteiger partial charge >= 0.3 is 6.18 Å². The first-order valence-electron chi connectivity index (χ1n) is 7.32. The number of alkyl halides is 3. The van der Waals surface area contributed by atoms with Gasteiger partial charge in [-0.15, -0.1) is 0 Å². The summed E-state index contributed by atoms with van der Waals surface area (Å²) in [5.74, 6) is 0. The number of hydrogen-bond acceptors (Lipinski definition) is 2. The molecule has 1 atom stereocenters. The van der Waals surface area contributed by atoms with Crippen LogP contribution < -0.4 is 0 Å². The first kappa shape index (κ1) is 16.3. The molecule has 0 aliphatic carbocycles. The Morgan fingerprint density at radius 2 is 1.75 bits per heavy atom. The fourth-order valence-corrected chi connectivity index (χ4v) is 2.52. The molecule has 0 saturated carbocycles. The largest absolute Gasteiger partial charge is 0.416 e. The molecule has 1 unspecified atom stereocenters. The summed E-state index contributed by atoms with van der Waals surface area (Å²) in [5, 5.41) is 14.8. The van der Waals surface area contributed by atoms with E-state index in [-0.39, 0.29) is 12.1 Å². The van der Waals surface area contributed by atoms with Gasteiger partial charge in [-0.3, -0.25) is 4.68 Å². The fraction of sp³-hybridized carbons (Fsp3) is 0.235. The molecule has 0 fully saturated rings. The topological polar surface area (TPSA) is 43.0 Å². The Labute approximate surface area is 136 Å². The summed E-state index contributed by atoms with van der Waals surface area (Å²) in [7, 11) is 0. The minimum Gasteiger partial charge on any atom is -0.384 e. The van der Waals surface area contributed by atoms with E-state index in [2.05, 4.69) is 5.10 Å². The molecule has 0 spiro atoms. The zero-order valence-electron chi connectivity index (χ0n) is 12.9. The van der Waals surface area contributed by atoms with Crippen LogP contribution in [0.3, 0.4) is 0 Å². The second-order valence-corrected chi connectivity index (χ2v) is 5.84. The number of nitrogens with zero attached hydrogens (tertiary/aromatic N) is 3. The van der Waals surface area contributed by atoms with Gasteiger partial charge in [0.15, 0.2) is 0 Å². The molecule has 2 aromatic heterocycles. The Balaban J connectivity index is 1.84. The van der Waals surface area contributed by atoms with Crippen LogP contribution in [0.25, 0.3) is 5.69 Å². The van der Waals surface area contributed by atoms with Crippen LogP contribution in [0.1, 0.15) is 18.1 Å². The second kappa shape index (κ2) is 5.83. The third-order valence-corrected chi connectivity index (χ3v) is 3.80. The lowest BCUT2D eigenvalue weighted by Gasteiger charge is -2.24. The molecule has 3 rings (SSSR count). The zero-order valence-corrected chi connectivity index (χ0v) is 12.9. The van der Waals surface area contributed by atoms with E-state index >= 15 is 0 Å². The molecular formula is C17H16F3N3O. The van der Waals surface area contributed by atoms with Crippen molar-refractivity contribution in [3.63, 3.8) is 0 Å². The van der Waals surface area contributed by atoms with Gasteiger partial charge < -0.3 is 9.67 Å². The standard InChI is InChI=1S/C17H16F3N3O/c1-16(24,13-5-4-6-14(9-13)17(18,19)20)12-23-11-15(10-21-23)22-7-2-3-8-22/h2-11,24H,12H2,1H3. The van der Waals surface area contributed by atoms with Crippen molar-refractivity contribution in [2.24, 2.45) is 0 Å². The van der Waals surface area contributed by atoms with Crippen molar-refractivity contribution in [2.75, 3.05) is 0 Å². The number of rotatable bonds is 4. The number of aromatic nitrogens is 3. The Kier molecular flexibility index (Phi) is 3.96. The van der Waals surface area contributed by atoms with E-state index in [0.29, 0.717) is 0 Å². The molecule has 4 nitrogen and oxygen atoms in total. The second-order valence-electron chi connectivity index (χ2n) is 5.84. The maximum absolute atomic E-state index is 12.8. The minimum absolute atomic E-state index is 0.0373. The zero-order chi connectivity index (χ0) is 17.4. The van der Waals surface area contributed by atoms with Crippen LogP contribution >= 0.6 is 0 Å². The Hall–Kier alpha value is -2.54. The van der Waals surface area contributed by atoms with Crippen LogP contribution in [0, 0.1) is 0 Å². The predicted molar refractivity (Wildman–Crippen MR) is 82.6 cm³/mol. The van der Waals surface area contributed by atoms with Gasteiger partial charge in [0.25, 0.3) is 0 Å². The van der Waals surface area contributed by atoms with Crippen LogP contribution in [0.5, 0.6) is 0 Å². The molecule has 24 heavy (non-hydrogen) atoms. The summed E-state index contributed by atoms with van der Waals surface area (Å²) in [4.78, 5) is 0. The van der Waals surface area contributed by atoms with Crippen molar-refractivity contribution in [3.05, 3.63) is 72.3 Å². The summed E-state index contributed by atoms with van der Waals surface area (Å²) in [6.07, 6.45) is 2.61. The molecule has 0 aliphatic rings. The number of halogens is 3. The fourth-order valence-electron chi connectivity index (χ4n) is 2.52. The van der Waals surface area contributed by atoms with E-state index in [1.54, 1.807) is 12.4 Å². The number of hydrogen-bond donors (Lipinski definition) is 1. The Bertz CT molecular complexity index is 820. The highest BCUT2D eigenvalue weighted by molar-refractivity contribution is 5.30. The van der Waals surface area contributed by atoms with Crippen LogP contribution in [0.15, 0.2) is 61.2 Å². The average Bonchev–Trinajstić information content (AvgIpc) is 3.17. The van der Waals surface area contributed by atoms with Gasteiger partial charge in [0.05, 0.1) is 24.0 Å². The predicted octanol–water partition coefficient (Wildman–Crippen LogP) is 3.60. The van der Waals surface area contributed by atoms with E-state index in [0.717, 1.165) is 17.8 Å². The molecular weight excluding hydrogens is 319 g/mol. The monoisotopic (exact) mass is 335 g/mol. The third-order valence-electron chi connectivity index (χ3n) is 3.80. The van der Waals surface area contributed by atoms with Crippen LogP contribution in [-0.2, 0) is 18.3 Å². The van der Waals surface area contributed by atoms with Crippen LogP contribution in [0.2, 0.25) is 0 Å². The van der Waals surface area contributed by atoms with E-state index in [1.807, 2.05) is 29.1 Å². The molecule has 0 saturated heterocycles. The maximum Gasteiger partial charge on any atom is 0.416 e. The molecule has 3 aromatic rings. The van der Waals surface area contributed by atoms with Gasteiger partial charge in [0.1, 0.15) is 5.60 Å². The van der Waals surface area contributed by atoms with Crippen molar-refractivity contribution in [2.45, 2.75) is 25.2 Å². The summed E-state index contributed by atoms with van der Waals surface area (Å²) in [5.41, 5.74) is -1.27. The lowest BCUT2D eigenvalue weighted by atomic mass is 9.94. The Morgan fingerprint density at radius 3 is 2.42 bits per heavy atom. The number of benzene rings is 1. The smallest absolute Gasteiger partial charge is 0.384 e. The summed E-state index contributed by atoms with van der Waals surface area (Å²) in [6.45, 7) is 1.51. The summed E-state index contributed by atoms with van der Waals surface area (Å²) in [6, 6.07) is 8.47. The average molecular weight is 335 g/mol. The third kappa shape index (κ3) is 3.35. The summed E-state index contributed by atoms with van der Waals surface area (Å²) >= 11 is 0. The van der Waals surface area contributed by atoms with E-state index in [4.69, 9.17) is 0 Å². The molecule has 2 heterocycles. The quantitative estimate of drug-likeness (QED) is 0.792. The lowest BCUT2D eigenvalue weighted by molar-refractivity contribution is -0.137. The minimum atomic E-state index is -4.45. The van der Waals surface area contributed by atoms with Gasteiger partial charge in [-0.25, -0.2) is 0 Å². The first-order chi connectivity index (χ1) is 11.3. The van der Waals surface area contributed by atoms with Gasteiger partial charge in [-0.2, -0.15) is 18.3 Å². The Morgan fingerprint density at radius 1 is 1.08 bits per heavy atom. The molecule has 1 aromatic carbocycles. The van der Waals surface area contributed by atoms with E-state index in [9.17, 15) is 18.3 Å². The first-order valence-corrected chi connectivity index (χ1v) is 7.32. The van der Waals surface area contributed by atoms with Crippen molar-refractivity contribution in [1.29, 1.82) is 0 Å². The van der Waals surface area contributed by atoms with Crippen LogP contribution in [-0.4, -0.2) is 19.5 Å². The highest BCUT2D eigenvalue weighted by Gasteiger charge is 2.33. The molecule has 1 N–H and O–H groups in total. The van der Waals surface area contributed by atoms with Gasteiger partial charge in [-0.1, -0.05) is 12.1 Å². The van der Waals surface area contributed by atoms with Crippen molar-refractivity contribution in [1.82, 2.24) is 14.3 Å². The molecule has 0 aliphatic heterocycles. The molecule has 126 valence electrons. The van der Waals surface area contributed by atoms with Crippen LogP contribution in [0.4, 0.5) is 13.2 Å². The van der Waals surface area contributed by atoms with E-state index < -0.39 is 17.3 Å². The van der Waals surface area contributed by atoms with Gasteiger partial charge in [-0.05, 0) is 36.8 Å². The number of aliphatic hydroxyl groups is 1. The van der Waals surface area contributed by atoms with Gasteiger partial charge in [0.2, 0.25) is 0 Å². The SMILES string of the molecule is CC(O)(Cn1cc(-n2cccc2)cn1)c1cccc(C(F)(F)F)c1. The molecule has 0 bridgehead atoms. The normalized spacial score (nSPS) is 14.5. The highest BCUT2D eigenvalue weighted by Crippen LogP contribution is 2.32. The lowest BCUT2D eigenvalue weighted by Crippen LogP contribution is -2.28. The molecule has 0 radical (unpaired) electrons.